The molecule has 4 amide bonds. The molecule has 3 fully saturated rings. The van der Waals surface area contributed by atoms with Crippen molar-refractivity contribution in [3.8, 4) is 0 Å². The van der Waals surface area contributed by atoms with Gasteiger partial charge in [-0.1, -0.05) is 24.3 Å². The van der Waals surface area contributed by atoms with Crippen molar-refractivity contribution >= 4 is 52.0 Å². The third-order valence-electron chi connectivity index (χ3n) is 11.8. The molecule has 4 aromatic rings. The predicted molar refractivity (Wildman–Crippen MR) is 222 cm³/mol. The van der Waals surface area contributed by atoms with Gasteiger partial charge in [0.15, 0.2) is 11.5 Å². The Kier molecular flexibility index (Phi) is 12.8. The maximum absolute atomic E-state index is 13.5. The van der Waals surface area contributed by atoms with E-state index in [1.807, 2.05) is 35.2 Å². The number of hydrogen-bond acceptors (Lipinski definition) is 11. The molecule has 0 spiro atoms. The quantitative estimate of drug-likeness (QED) is 0.102. The van der Waals surface area contributed by atoms with Crippen LogP contribution in [0.5, 0.6) is 0 Å². The fourth-order valence-electron chi connectivity index (χ4n) is 8.71. The van der Waals surface area contributed by atoms with Crippen molar-refractivity contribution in [2.45, 2.75) is 76.2 Å². The number of likely N-dealkylation sites (tertiary alicyclic amines) is 1. The Labute approximate surface area is 337 Å². The van der Waals surface area contributed by atoms with Crippen molar-refractivity contribution in [2.75, 3.05) is 62.6 Å². The Hall–Kier alpha value is -5.61. The molecule has 308 valence electrons. The molecule has 58 heavy (non-hydrogen) atoms. The number of benzene rings is 2. The number of nitrogens with two attached hydrogens (primary N) is 2. The van der Waals surface area contributed by atoms with Gasteiger partial charge in [0, 0.05) is 58.4 Å². The number of piperidine rings is 3. The summed E-state index contributed by atoms with van der Waals surface area (Å²) in [5.41, 5.74) is 15.9. The zero-order valence-corrected chi connectivity index (χ0v) is 33.3. The minimum atomic E-state index is -0.721. The lowest BCUT2D eigenvalue weighted by Gasteiger charge is -2.34. The molecular weight excluding hydrogens is 739 g/mol. The lowest BCUT2D eigenvalue weighted by molar-refractivity contribution is -0.136. The summed E-state index contributed by atoms with van der Waals surface area (Å²) in [4.78, 5) is 78.7. The smallest absolute Gasteiger partial charge is 0.329 e. The van der Waals surface area contributed by atoms with Crippen LogP contribution < -0.4 is 32.7 Å². The molecule has 16 nitrogen and oxygen atoms in total. The van der Waals surface area contributed by atoms with Gasteiger partial charge in [-0.3, -0.25) is 38.5 Å². The lowest BCUT2D eigenvalue weighted by atomic mass is 9.89. The van der Waals surface area contributed by atoms with Crippen LogP contribution in [0.1, 0.15) is 91.4 Å². The lowest BCUT2D eigenvalue weighted by Crippen LogP contribution is -2.45. The molecule has 16 heteroatoms. The average molecular weight is 794 g/mol. The number of hydrogen-bond donors (Lipinski definition) is 4. The molecule has 0 radical (unpaired) electrons. The highest BCUT2D eigenvalue weighted by Gasteiger charge is 2.32. The zero-order chi connectivity index (χ0) is 40.8. The standard InChI is InChI=1S/C42H55N11O5/c1-49-38-30(9-7-10-32(38)53(42(49)58)33-15-16-35(54)48-41(33)57)8-3-6-20-50(25-19-43)27-36(55)52-23-17-29(18-24-52)28-11-13-31(14-12-28)46-40-37(39(44)56)45-26-34(47-40)51-21-4-2-5-22-51/h7,9-14,26,29,33H,2-6,8,15-25,27,43H2,1H3,(H2,44,56)(H,46,47)(H,48,54,57). The van der Waals surface area contributed by atoms with Gasteiger partial charge in [0.25, 0.3) is 5.91 Å². The molecule has 3 saturated heterocycles. The number of aryl methyl sites for hydroxylation is 2. The molecular formula is C42H55N11O5. The monoisotopic (exact) mass is 793 g/mol. The first kappa shape index (κ1) is 40.6. The van der Waals surface area contributed by atoms with E-state index in [-0.39, 0.29) is 29.6 Å². The van der Waals surface area contributed by atoms with Gasteiger partial charge in [0.2, 0.25) is 17.7 Å². The van der Waals surface area contributed by atoms with E-state index in [1.165, 1.54) is 16.6 Å². The number of carbonyl (C=O) groups excluding carboxylic acids is 4. The summed E-state index contributed by atoms with van der Waals surface area (Å²) in [5.74, 6) is 0.124. The van der Waals surface area contributed by atoms with Crippen LogP contribution in [-0.4, -0.2) is 105 Å². The van der Waals surface area contributed by atoms with Crippen LogP contribution in [0.25, 0.3) is 11.0 Å². The molecule has 3 aliphatic rings. The van der Waals surface area contributed by atoms with Crippen molar-refractivity contribution in [3.63, 3.8) is 0 Å². The summed E-state index contributed by atoms with van der Waals surface area (Å²) in [6.07, 6.45) is 9.66. The number of imidazole rings is 1. The van der Waals surface area contributed by atoms with Gasteiger partial charge in [-0.2, -0.15) is 0 Å². The molecule has 2 aromatic carbocycles. The molecule has 0 bridgehead atoms. The number of unbranched alkanes of at least 4 members (excludes halogenated alkanes) is 1. The van der Waals surface area contributed by atoms with Gasteiger partial charge in [-0.25, -0.2) is 14.8 Å². The van der Waals surface area contributed by atoms with Crippen LogP contribution in [0.2, 0.25) is 0 Å². The zero-order valence-electron chi connectivity index (χ0n) is 33.3. The van der Waals surface area contributed by atoms with Crippen molar-refractivity contribution in [1.29, 1.82) is 0 Å². The summed E-state index contributed by atoms with van der Waals surface area (Å²) in [5, 5.41) is 5.63. The normalized spacial score (nSPS) is 17.9. The number of fused-ring (bicyclic) bond motifs is 1. The highest BCUT2D eigenvalue weighted by atomic mass is 16.2. The molecule has 2 aromatic heterocycles. The third-order valence-corrected chi connectivity index (χ3v) is 11.8. The first-order valence-electron chi connectivity index (χ1n) is 20.6. The van der Waals surface area contributed by atoms with Crippen molar-refractivity contribution in [1.82, 2.24) is 34.2 Å². The second-order valence-electron chi connectivity index (χ2n) is 15.7. The van der Waals surface area contributed by atoms with Crippen LogP contribution in [-0.2, 0) is 27.9 Å². The first-order chi connectivity index (χ1) is 28.1. The van der Waals surface area contributed by atoms with Crippen LogP contribution >= 0.6 is 0 Å². The summed E-state index contributed by atoms with van der Waals surface area (Å²) in [7, 11) is 1.72. The number of para-hydroxylation sites is 1. The number of amides is 4. The molecule has 0 saturated carbocycles. The highest BCUT2D eigenvalue weighted by molar-refractivity contribution is 6.00. The fraction of sp³-hybridized carbons (Fsp3) is 0.500. The van der Waals surface area contributed by atoms with Gasteiger partial charge in [0.05, 0.1) is 23.8 Å². The Morgan fingerprint density at radius 1 is 0.948 bits per heavy atom. The average Bonchev–Trinajstić information content (AvgIpc) is 3.49. The minimum absolute atomic E-state index is 0.107. The minimum Gasteiger partial charge on any atom is -0.364 e. The van der Waals surface area contributed by atoms with Crippen molar-refractivity contribution in [3.05, 3.63) is 76.0 Å². The number of anilines is 3. The third kappa shape index (κ3) is 9.07. The van der Waals surface area contributed by atoms with Crippen LogP contribution in [0, 0.1) is 0 Å². The van der Waals surface area contributed by atoms with Crippen LogP contribution in [0.15, 0.2) is 53.5 Å². The summed E-state index contributed by atoms with van der Waals surface area (Å²) >= 11 is 0. The predicted octanol–water partition coefficient (Wildman–Crippen LogP) is 2.93. The van der Waals surface area contributed by atoms with E-state index in [4.69, 9.17) is 16.5 Å². The first-order valence-corrected chi connectivity index (χ1v) is 20.6. The van der Waals surface area contributed by atoms with Crippen LogP contribution in [0.4, 0.5) is 17.3 Å². The largest absolute Gasteiger partial charge is 0.364 e. The van der Waals surface area contributed by atoms with E-state index < -0.39 is 17.9 Å². The summed E-state index contributed by atoms with van der Waals surface area (Å²) < 4.78 is 3.11. The molecule has 1 unspecified atom stereocenters. The van der Waals surface area contributed by atoms with Gasteiger partial charge < -0.3 is 26.6 Å². The van der Waals surface area contributed by atoms with E-state index in [1.54, 1.807) is 17.8 Å². The molecule has 1 atom stereocenters. The van der Waals surface area contributed by atoms with E-state index in [0.717, 1.165) is 87.2 Å². The Morgan fingerprint density at radius 2 is 1.71 bits per heavy atom. The number of imide groups is 1. The molecule has 6 N–H and O–H groups in total. The Balaban J connectivity index is 0.894. The van der Waals surface area contributed by atoms with Gasteiger partial charge in [-0.15, -0.1) is 0 Å². The number of primary amides is 1. The van der Waals surface area contributed by atoms with E-state index >= 15 is 0 Å². The maximum atomic E-state index is 13.5. The molecule has 0 aliphatic carbocycles. The highest BCUT2D eigenvalue weighted by Crippen LogP contribution is 2.31. The Morgan fingerprint density at radius 3 is 2.41 bits per heavy atom. The topological polar surface area (TPSA) is 207 Å². The molecule has 3 aliphatic heterocycles. The number of nitrogens with one attached hydrogen (secondary N) is 2. The Bertz CT molecular complexity index is 2190. The van der Waals surface area contributed by atoms with Gasteiger partial charge in [0.1, 0.15) is 11.9 Å². The van der Waals surface area contributed by atoms with E-state index in [0.29, 0.717) is 56.4 Å². The number of carbonyl (C=O) groups is 4. The maximum Gasteiger partial charge on any atom is 0.329 e. The van der Waals surface area contributed by atoms with Crippen molar-refractivity contribution in [2.24, 2.45) is 18.5 Å². The summed E-state index contributed by atoms with van der Waals surface area (Å²) in [6.45, 7) is 5.30. The second-order valence-corrected chi connectivity index (χ2v) is 15.7. The SMILES string of the molecule is Cn1c(=O)n(C2CCC(=O)NC2=O)c2cccc(CCCCN(CCN)CC(=O)N3CCC(c4ccc(Nc5nc(N6CCCCC6)cnc5C(N)=O)cc4)CC3)c21. The molecule has 7 rings (SSSR count). The molecule has 5 heterocycles. The number of aromatic nitrogens is 4. The fourth-order valence-corrected chi connectivity index (χ4v) is 8.71. The second kappa shape index (κ2) is 18.3. The number of nitrogens with zero attached hydrogens (tertiary/aromatic N) is 7. The summed E-state index contributed by atoms with van der Waals surface area (Å²) in [6, 6.07) is 13.2. The van der Waals surface area contributed by atoms with E-state index in [9.17, 15) is 24.0 Å². The van der Waals surface area contributed by atoms with E-state index in [2.05, 4.69) is 37.6 Å². The van der Waals surface area contributed by atoms with Crippen molar-refractivity contribution < 1.29 is 19.2 Å². The number of rotatable bonds is 15. The van der Waals surface area contributed by atoms with Crippen LogP contribution in [0.3, 0.4) is 0 Å². The van der Waals surface area contributed by atoms with Gasteiger partial charge >= 0.3 is 5.69 Å². The van der Waals surface area contributed by atoms with Gasteiger partial charge in [-0.05, 0) is 99.6 Å².